The first-order chi connectivity index (χ1) is 12.2. The van der Waals surface area contributed by atoms with Crippen LogP contribution in [0.5, 0.6) is 0 Å². The monoisotopic (exact) mass is 382 g/mol. The Hall–Kier alpha value is -1.88. The van der Waals surface area contributed by atoms with Crippen LogP contribution < -0.4 is 0 Å². The number of fused-ring (bicyclic) bond motifs is 1. The fourth-order valence-corrected chi connectivity index (χ4v) is 4.94. The van der Waals surface area contributed by atoms with E-state index >= 15 is 0 Å². The van der Waals surface area contributed by atoms with E-state index in [4.69, 9.17) is 11.6 Å². The molecule has 0 radical (unpaired) electrons. The summed E-state index contributed by atoms with van der Waals surface area (Å²) in [5.74, 6) is 0.787. The largest absolute Gasteiger partial charge is 0.229 e. The van der Waals surface area contributed by atoms with Gasteiger partial charge in [-0.3, -0.25) is 0 Å². The molecule has 2 aromatic carbocycles. The van der Waals surface area contributed by atoms with E-state index in [1.807, 2.05) is 18.2 Å². The summed E-state index contributed by atoms with van der Waals surface area (Å²) in [5.41, 5.74) is 4.77. The second-order valence-corrected chi connectivity index (χ2v) is 7.98. The lowest BCUT2D eigenvalue weighted by Gasteiger charge is -2.07. The molecule has 0 saturated carbocycles. The van der Waals surface area contributed by atoms with Crippen LogP contribution in [0.4, 0.5) is 0 Å². The summed E-state index contributed by atoms with van der Waals surface area (Å²) in [7, 11) is 0. The van der Waals surface area contributed by atoms with Crippen molar-refractivity contribution in [1.82, 2.24) is 9.97 Å². The molecule has 0 aliphatic carbocycles. The summed E-state index contributed by atoms with van der Waals surface area (Å²) in [4.78, 5) is 10.0. The summed E-state index contributed by atoms with van der Waals surface area (Å²) < 4.78 is 0. The summed E-state index contributed by atoms with van der Waals surface area (Å²) >= 11 is 9.65. The normalized spacial score (nSPS) is 11.1. The number of hydrogen-bond acceptors (Lipinski definition) is 4. The minimum atomic E-state index is 0.787. The maximum atomic E-state index is 6.29. The lowest BCUT2D eigenvalue weighted by atomic mass is 10.1. The molecule has 4 rings (SSSR count). The lowest BCUT2D eigenvalue weighted by molar-refractivity contribution is 1.11. The number of thioether (sulfide) groups is 1. The average molecular weight is 383 g/mol. The molecule has 25 heavy (non-hydrogen) atoms. The number of hydrogen-bond donors (Lipinski definition) is 0. The van der Waals surface area contributed by atoms with Gasteiger partial charge < -0.3 is 0 Å². The van der Waals surface area contributed by atoms with Crippen LogP contribution in [0.2, 0.25) is 5.02 Å². The molecule has 0 aliphatic heterocycles. The maximum absolute atomic E-state index is 6.29. The molecule has 0 N–H and O–H groups in total. The number of thiophene rings is 1. The number of rotatable bonds is 4. The molecule has 2 nitrogen and oxygen atoms in total. The second-order valence-electron chi connectivity index (χ2n) is 5.75. The van der Waals surface area contributed by atoms with Gasteiger partial charge in [0.1, 0.15) is 16.2 Å². The fraction of sp³-hybridized carbons (Fsp3) is 0.100. The Morgan fingerprint density at radius 2 is 1.84 bits per heavy atom. The summed E-state index contributed by atoms with van der Waals surface area (Å²) in [6.07, 6.45) is 1.65. The minimum Gasteiger partial charge on any atom is -0.229 e. The predicted octanol–water partition coefficient (Wildman–Crippen LogP) is 6.61. The third kappa shape index (κ3) is 3.43. The molecule has 124 valence electrons. The summed E-state index contributed by atoms with van der Waals surface area (Å²) in [6, 6.07) is 16.5. The Labute approximate surface area is 159 Å². The third-order valence-corrected chi connectivity index (χ3v) is 6.31. The summed E-state index contributed by atoms with van der Waals surface area (Å²) in [6.45, 7) is 2.10. The fourth-order valence-electron chi connectivity index (χ4n) is 2.66. The van der Waals surface area contributed by atoms with Gasteiger partial charge in [-0.2, -0.15) is 0 Å². The molecule has 5 heteroatoms. The van der Waals surface area contributed by atoms with Gasteiger partial charge in [-0.25, -0.2) is 9.97 Å². The van der Waals surface area contributed by atoms with E-state index in [-0.39, 0.29) is 0 Å². The van der Waals surface area contributed by atoms with Crippen LogP contribution in [0.25, 0.3) is 21.3 Å². The van der Waals surface area contributed by atoms with Crippen molar-refractivity contribution in [2.24, 2.45) is 0 Å². The highest BCUT2D eigenvalue weighted by Crippen LogP contribution is 2.39. The standard InChI is InChI=1S/C20H15ClN2S2/c1-13-6-8-14(9-7-13)16-11-25-20-18(16)19(22-12-23-20)24-10-15-4-2-3-5-17(15)21/h2-9,11-12H,10H2,1H3. The molecule has 2 heterocycles. The molecule has 0 saturated heterocycles. The highest BCUT2D eigenvalue weighted by Gasteiger charge is 2.14. The highest BCUT2D eigenvalue weighted by molar-refractivity contribution is 7.98. The van der Waals surface area contributed by atoms with Gasteiger partial charge in [0.15, 0.2) is 0 Å². The number of aromatic nitrogens is 2. The highest BCUT2D eigenvalue weighted by atomic mass is 35.5. The number of benzene rings is 2. The SMILES string of the molecule is Cc1ccc(-c2csc3ncnc(SCc4ccccc4Cl)c23)cc1. The van der Waals surface area contributed by atoms with E-state index in [0.717, 1.165) is 31.6 Å². The van der Waals surface area contributed by atoms with Gasteiger partial charge >= 0.3 is 0 Å². The van der Waals surface area contributed by atoms with Crippen molar-refractivity contribution in [3.63, 3.8) is 0 Å². The molecule has 2 aromatic heterocycles. The Morgan fingerprint density at radius 1 is 1.04 bits per heavy atom. The van der Waals surface area contributed by atoms with Crippen LogP contribution in [0.3, 0.4) is 0 Å². The van der Waals surface area contributed by atoms with Crippen LogP contribution in [-0.2, 0) is 5.75 Å². The van der Waals surface area contributed by atoms with Crippen LogP contribution in [0.15, 0.2) is 65.3 Å². The van der Waals surface area contributed by atoms with Crippen molar-refractivity contribution < 1.29 is 0 Å². The topological polar surface area (TPSA) is 25.8 Å². The van der Waals surface area contributed by atoms with Gasteiger partial charge in [0.05, 0.1) is 5.39 Å². The second kappa shape index (κ2) is 7.16. The Balaban J connectivity index is 1.73. The summed E-state index contributed by atoms with van der Waals surface area (Å²) in [5, 5.41) is 5.10. The molecule has 0 fully saturated rings. The first-order valence-corrected chi connectivity index (χ1v) is 10.1. The van der Waals surface area contributed by atoms with E-state index in [0.29, 0.717) is 0 Å². The minimum absolute atomic E-state index is 0.787. The van der Waals surface area contributed by atoms with Crippen molar-refractivity contribution in [2.75, 3.05) is 0 Å². The van der Waals surface area contributed by atoms with Gasteiger partial charge in [-0.05, 0) is 24.1 Å². The van der Waals surface area contributed by atoms with E-state index in [1.165, 1.54) is 16.7 Å². The van der Waals surface area contributed by atoms with Gasteiger partial charge in [-0.1, -0.05) is 59.6 Å². The van der Waals surface area contributed by atoms with Crippen molar-refractivity contribution in [2.45, 2.75) is 17.7 Å². The molecule has 4 aromatic rings. The molecule has 0 unspecified atom stereocenters. The van der Waals surface area contributed by atoms with Crippen molar-refractivity contribution in [3.8, 4) is 11.1 Å². The van der Waals surface area contributed by atoms with Gasteiger partial charge in [0.25, 0.3) is 0 Å². The third-order valence-electron chi connectivity index (χ3n) is 4.02. The zero-order valence-electron chi connectivity index (χ0n) is 13.6. The molecule has 0 spiro atoms. The Bertz CT molecular complexity index is 1030. The van der Waals surface area contributed by atoms with Crippen LogP contribution in [-0.4, -0.2) is 9.97 Å². The van der Waals surface area contributed by atoms with Crippen molar-refractivity contribution in [3.05, 3.63) is 76.4 Å². The maximum Gasteiger partial charge on any atom is 0.128 e. The first-order valence-electron chi connectivity index (χ1n) is 7.88. The van der Waals surface area contributed by atoms with Gasteiger partial charge in [-0.15, -0.1) is 23.1 Å². The lowest BCUT2D eigenvalue weighted by Crippen LogP contribution is -1.88. The molecular weight excluding hydrogens is 368 g/mol. The first kappa shape index (κ1) is 16.6. The quantitative estimate of drug-likeness (QED) is 0.293. The molecule has 0 bridgehead atoms. The van der Waals surface area contributed by atoms with Crippen LogP contribution >= 0.6 is 34.7 Å². The van der Waals surface area contributed by atoms with Gasteiger partial charge in [0, 0.05) is 21.7 Å². The zero-order chi connectivity index (χ0) is 17.2. The number of nitrogens with zero attached hydrogens (tertiary/aromatic N) is 2. The van der Waals surface area contributed by atoms with Gasteiger partial charge in [0.2, 0.25) is 0 Å². The molecule has 0 aliphatic rings. The van der Waals surface area contributed by atoms with Crippen molar-refractivity contribution >= 4 is 44.9 Å². The Kier molecular flexibility index (Phi) is 4.75. The molecular formula is C20H15ClN2S2. The van der Waals surface area contributed by atoms with E-state index in [2.05, 4.69) is 52.6 Å². The van der Waals surface area contributed by atoms with Crippen LogP contribution in [0.1, 0.15) is 11.1 Å². The average Bonchev–Trinajstić information content (AvgIpc) is 3.06. The molecule has 0 amide bonds. The smallest absolute Gasteiger partial charge is 0.128 e. The van der Waals surface area contributed by atoms with E-state index < -0.39 is 0 Å². The zero-order valence-corrected chi connectivity index (χ0v) is 16.0. The van der Waals surface area contributed by atoms with Crippen molar-refractivity contribution in [1.29, 1.82) is 0 Å². The Morgan fingerprint density at radius 3 is 2.64 bits per heavy atom. The van der Waals surface area contributed by atoms with E-state index in [9.17, 15) is 0 Å². The predicted molar refractivity (Wildman–Crippen MR) is 109 cm³/mol. The van der Waals surface area contributed by atoms with Crippen LogP contribution in [0, 0.1) is 6.92 Å². The number of aryl methyl sites for hydroxylation is 1. The van der Waals surface area contributed by atoms with E-state index in [1.54, 1.807) is 29.4 Å². The molecule has 0 atom stereocenters. The number of halogens is 1.